The van der Waals surface area contributed by atoms with Gasteiger partial charge < -0.3 is 20.3 Å². The fourth-order valence-corrected chi connectivity index (χ4v) is 3.76. The topological polar surface area (TPSA) is 69.2 Å². The number of ether oxygens (including phenoxy) is 1. The molecule has 1 unspecified atom stereocenters. The number of rotatable bonds is 9. The third-order valence-electron chi connectivity index (χ3n) is 5.72. The highest BCUT2D eigenvalue weighted by Crippen LogP contribution is 2.19. The molecule has 0 saturated carbocycles. The summed E-state index contributed by atoms with van der Waals surface area (Å²) in [7, 11) is 5.17. The molecular formula is C25H36IN5O2. The van der Waals surface area contributed by atoms with Gasteiger partial charge in [-0.15, -0.1) is 24.0 Å². The second kappa shape index (κ2) is 14.0. The highest BCUT2D eigenvalue weighted by Gasteiger charge is 2.24. The van der Waals surface area contributed by atoms with Crippen LogP contribution in [0.3, 0.4) is 0 Å². The smallest absolute Gasteiger partial charge is 0.241 e. The van der Waals surface area contributed by atoms with Crippen molar-refractivity contribution >= 4 is 35.8 Å². The predicted octanol–water partition coefficient (Wildman–Crippen LogP) is 3.10. The van der Waals surface area contributed by atoms with Crippen LogP contribution < -0.4 is 15.4 Å². The molecule has 2 aromatic rings. The Morgan fingerprint density at radius 2 is 1.82 bits per heavy atom. The van der Waals surface area contributed by atoms with Crippen molar-refractivity contribution in [2.75, 3.05) is 40.8 Å². The molecule has 1 atom stereocenters. The lowest BCUT2D eigenvalue weighted by molar-refractivity contribution is -0.127. The van der Waals surface area contributed by atoms with Crippen molar-refractivity contribution in [3.05, 3.63) is 65.7 Å². The Hall–Kier alpha value is -2.33. The van der Waals surface area contributed by atoms with Gasteiger partial charge in [-0.3, -0.25) is 9.69 Å². The van der Waals surface area contributed by atoms with Crippen molar-refractivity contribution in [2.24, 2.45) is 4.99 Å². The second-order valence-electron chi connectivity index (χ2n) is 8.29. The van der Waals surface area contributed by atoms with Crippen molar-refractivity contribution in [3.8, 4) is 5.75 Å². The zero-order chi connectivity index (χ0) is 22.8. The number of carbonyl (C=O) groups is 1. The number of hydrogen-bond donors (Lipinski definition) is 2. The number of methoxy groups -OCH3 is 1. The Kier molecular flexibility index (Phi) is 11.5. The highest BCUT2D eigenvalue weighted by molar-refractivity contribution is 14.0. The zero-order valence-corrected chi connectivity index (χ0v) is 22.1. The van der Waals surface area contributed by atoms with Gasteiger partial charge in [0.2, 0.25) is 5.91 Å². The first kappa shape index (κ1) is 26.9. The minimum absolute atomic E-state index is 0. The molecule has 0 spiro atoms. The maximum absolute atomic E-state index is 12.1. The summed E-state index contributed by atoms with van der Waals surface area (Å²) in [6.45, 7) is 3.58. The minimum atomic E-state index is 0. The Bertz CT molecular complexity index is 874. The van der Waals surface area contributed by atoms with E-state index in [-0.39, 0.29) is 36.4 Å². The zero-order valence-electron chi connectivity index (χ0n) is 19.8. The number of guanidine groups is 1. The third-order valence-corrected chi connectivity index (χ3v) is 5.72. The van der Waals surface area contributed by atoms with Gasteiger partial charge in [0.05, 0.1) is 20.2 Å². The van der Waals surface area contributed by atoms with Gasteiger partial charge >= 0.3 is 0 Å². The van der Waals surface area contributed by atoms with Crippen LogP contribution in [0, 0.1) is 0 Å². The van der Waals surface area contributed by atoms with Gasteiger partial charge in [0, 0.05) is 33.2 Å². The van der Waals surface area contributed by atoms with E-state index in [1.807, 2.05) is 24.3 Å². The van der Waals surface area contributed by atoms with E-state index in [2.05, 4.69) is 45.9 Å². The third kappa shape index (κ3) is 8.85. The van der Waals surface area contributed by atoms with Crippen LogP contribution in [0.2, 0.25) is 0 Å². The van der Waals surface area contributed by atoms with Crippen LogP contribution in [0.4, 0.5) is 0 Å². The number of likely N-dealkylation sites (tertiary alicyclic amines) is 1. The lowest BCUT2D eigenvalue weighted by Crippen LogP contribution is -2.47. The number of carbonyl (C=O) groups excluding carboxylic acids is 1. The van der Waals surface area contributed by atoms with Crippen molar-refractivity contribution in [1.29, 1.82) is 0 Å². The van der Waals surface area contributed by atoms with Gasteiger partial charge in [-0.25, -0.2) is 4.99 Å². The number of nitrogens with one attached hydrogen (secondary N) is 2. The fourth-order valence-electron chi connectivity index (χ4n) is 3.76. The van der Waals surface area contributed by atoms with Crippen molar-refractivity contribution in [2.45, 2.75) is 32.0 Å². The molecule has 180 valence electrons. The van der Waals surface area contributed by atoms with Gasteiger partial charge in [0.15, 0.2) is 5.96 Å². The molecule has 33 heavy (non-hydrogen) atoms. The first-order valence-electron chi connectivity index (χ1n) is 11.2. The number of halogens is 1. The van der Waals surface area contributed by atoms with E-state index in [4.69, 9.17) is 9.73 Å². The van der Waals surface area contributed by atoms with Gasteiger partial charge in [-0.2, -0.15) is 0 Å². The molecule has 0 bridgehead atoms. The summed E-state index contributed by atoms with van der Waals surface area (Å²) >= 11 is 0. The van der Waals surface area contributed by atoms with E-state index >= 15 is 0 Å². The molecule has 1 amide bonds. The SMILES string of the molecule is COc1ccc(CN=C(NCC(=O)N(C)C)NCC2CCCN2Cc2ccccc2)cc1.I. The van der Waals surface area contributed by atoms with Gasteiger partial charge in [0.1, 0.15) is 5.75 Å². The van der Waals surface area contributed by atoms with Crippen LogP contribution in [0.25, 0.3) is 0 Å². The molecule has 0 radical (unpaired) electrons. The molecule has 1 saturated heterocycles. The average molecular weight is 566 g/mol. The lowest BCUT2D eigenvalue weighted by atomic mass is 10.2. The molecule has 1 fully saturated rings. The van der Waals surface area contributed by atoms with Crippen molar-refractivity contribution in [1.82, 2.24) is 20.4 Å². The first-order valence-corrected chi connectivity index (χ1v) is 11.2. The Labute approximate surface area is 214 Å². The summed E-state index contributed by atoms with van der Waals surface area (Å²) < 4.78 is 5.22. The van der Waals surface area contributed by atoms with Crippen LogP contribution in [0.1, 0.15) is 24.0 Å². The molecule has 1 aliphatic rings. The van der Waals surface area contributed by atoms with Gasteiger partial charge in [-0.1, -0.05) is 42.5 Å². The second-order valence-corrected chi connectivity index (χ2v) is 8.29. The number of nitrogens with zero attached hydrogens (tertiary/aromatic N) is 3. The van der Waals surface area contributed by atoms with E-state index in [0.29, 0.717) is 18.5 Å². The lowest BCUT2D eigenvalue weighted by Gasteiger charge is -2.25. The molecule has 0 aliphatic carbocycles. The van der Waals surface area contributed by atoms with Crippen LogP contribution in [-0.2, 0) is 17.9 Å². The van der Waals surface area contributed by atoms with Crippen LogP contribution >= 0.6 is 24.0 Å². The van der Waals surface area contributed by atoms with Crippen molar-refractivity contribution in [3.63, 3.8) is 0 Å². The fraction of sp³-hybridized carbons (Fsp3) is 0.440. The normalized spacial score (nSPS) is 16.1. The summed E-state index contributed by atoms with van der Waals surface area (Å²) in [6, 6.07) is 18.9. The van der Waals surface area contributed by atoms with Gasteiger partial charge in [0.25, 0.3) is 0 Å². The largest absolute Gasteiger partial charge is 0.497 e. The number of aliphatic imine (C=N–C) groups is 1. The first-order chi connectivity index (χ1) is 15.5. The summed E-state index contributed by atoms with van der Waals surface area (Å²) in [4.78, 5) is 20.9. The molecule has 3 rings (SSSR count). The van der Waals surface area contributed by atoms with Crippen molar-refractivity contribution < 1.29 is 9.53 Å². The van der Waals surface area contributed by atoms with Crippen LogP contribution in [0.15, 0.2) is 59.6 Å². The Morgan fingerprint density at radius 1 is 1.09 bits per heavy atom. The van der Waals surface area contributed by atoms with E-state index in [1.165, 1.54) is 12.0 Å². The molecule has 8 heteroatoms. The highest BCUT2D eigenvalue weighted by atomic mass is 127. The van der Waals surface area contributed by atoms with E-state index in [9.17, 15) is 4.79 Å². The predicted molar refractivity (Wildman–Crippen MR) is 144 cm³/mol. The number of benzene rings is 2. The molecular weight excluding hydrogens is 529 g/mol. The molecule has 0 aromatic heterocycles. The maximum atomic E-state index is 12.1. The Balaban J connectivity index is 0.00000385. The monoisotopic (exact) mass is 565 g/mol. The van der Waals surface area contributed by atoms with Crippen LogP contribution in [-0.4, -0.2) is 68.5 Å². The summed E-state index contributed by atoms with van der Waals surface area (Å²) in [6.07, 6.45) is 2.35. The summed E-state index contributed by atoms with van der Waals surface area (Å²) in [5, 5.41) is 6.65. The minimum Gasteiger partial charge on any atom is -0.497 e. The maximum Gasteiger partial charge on any atom is 0.241 e. The van der Waals surface area contributed by atoms with E-state index < -0.39 is 0 Å². The summed E-state index contributed by atoms with van der Waals surface area (Å²) in [5.74, 6) is 1.49. The van der Waals surface area contributed by atoms with Gasteiger partial charge in [-0.05, 0) is 42.6 Å². The van der Waals surface area contributed by atoms with E-state index in [0.717, 1.165) is 37.4 Å². The Morgan fingerprint density at radius 3 is 2.48 bits per heavy atom. The van der Waals surface area contributed by atoms with E-state index in [1.54, 1.807) is 26.1 Å². The van der Waals surface area contributed by atoms with Crippen LogP contribution in [0.5, 0.6) is 5.75 Å². The average Bonchev–Trinajstić information content (AvgIpc) is 3.26. The molecule has 7 nitrogen and oxygen atoms in total. The number of likely N-dealkylation sites (N-methyl/N-ethyl adjacent to an activating group) is 1. The quantitative estimate of drug-likeness (QED) is 0.278. The summed E-state index contributed by atoms with van der Waals surface area (Å²) in [5.41, 5.74) is 2.42. The number of hydrogen-bond acceptors (Lipinski definition) is 4. The standard InChI is InChI=1S/C25H35N5O2.HI/c1-29(2)24(31)18-28-25(26-16-20-11-13-23(32-3)14-12-20)27-17-22-10-7-15-30(22)19-21-8-5-4-6-9-21;/h4-6,8-9,11-14,22H,7,10,15-19H2,1-3H3,(H2,26,27,28);1H. The molecule has 2 aromatic carbocycles. The number of amides is 1. The molecule has 1 heterocycles. The molecule has 1 aliphatic heterocycles. The molecule has 2 N–H and O–H groups in total.